The average molecular weight is 648 g/mol. The molecule has 4 unspecified atom stereocenters. The van der Waals surface area contributed by atoms with E-state index in [-0.39, 0.29) is 41.4 Å². The molecule has 15 nitrogen and oxygen atoms in total. The number of imide groups is 1. The Hall–Kier alpha value is -2.92. The zero-order valence-electron chi connectivity index (χ0n) is 24.0. The molecule has 0 aromatic rings. The van der Waals surface area contributed by atoms with Gasteiger partial charge in [0.2, 0.25) is 11.8 Å². The van der Waals surface area contributed by atoms with Crippen LogP contribution >= 0.6 is 11.8 Å². The summed E-state index contributed by atoms with van der Waals surface area (Å²) in [6.07, 6.45) is 6.53. The van der Waals surface area contributed by atoms with Crippen molar-refractivity contribution in [1.29, 1.82) is 0 Å². The second-order valence-corrected chi connectivity index (χ2v) is 13.8. The number of nitrogens with one attached hydrogen (secondary N) is 4. The fourth-order valence-electron chi connectivity index (χ4n) is 5.12. The predicted octanol–water partition coefficient (Wildman–Crippen LogP) is 0.539. The normalized spacial score (nSPS) is 23.1. The molecule has 242 valence electrons. The number of rotatable bonds is 19. The largest absolute Gasteiger partial charge is 0.356 e. The van der Waals surface area contributed by atoms with E-state index in [9.17, 15) is 37.2 Å². The quantitative estimate of drug-likeness (QED) is 0.0564. The van der Waals surface area contributed by atoms with Crippen LogP contribution in [-0.4, -0.2) is 95.1 Å². The van der Waals surface area contributed by atoms with Crippen LogP contribution in [0.15, 0.2) is 0 Å². The third-order valence-corrected chi connectivity index (χ3v) is 10.1. The highest BCUT2D eigenvalue weighted by atomic mass is 32.2. The number of nitrogens with zero attached hydrogens (tertiary/aromatic N) is 1. The highest BCUT2D eigenvalue weighted by molar-refractivity contribution is 8.00. The van der Waals surface area contributed by atoms with Crippen molar-refractivity contribution in [1.82, 2.24) is 26.3 Å². The average Bonchev–Trinajstić information content (AvgIpc) is 3.58. The van der Waals surface area contributed by atoms with Crippen molar-refractivity contribution in [3.8, 4) is 0 Å². The Morgan fingerprint density at radius 1 is 0.884 bits per heavy atom. The fourth-order valence-corrected chi connectivity index (χ4v) is 7.37. The highest BCUT2D eigenvalue weighted by Gasteiger charge is 2.48. The lowest BCUT2D eigenvalue weighted by atomic mass is 10.0. The summed E-state index contributed by atoms with van der Waals surface area (Å²) < 4.78 is 31.2. The van der Waals surface area contributed by atoms with Crippen molar-refractivity contribution in [3.63, 3.8) is 0 Å². The third-order valence-electron chi connectivity index (χ3n) is 7.48. The van der Waals surface area contributed by atoms with Crippen molar-refractivity contribution in [2.24, 2.45) is 0 Å². The lowest BCUT2D eigenvalue weighted by Crippen LogP contribution is -2.36. The van der Waals surface area contributed by atoms with Crippen LogP contribution in [0.4, 0.5) is 4.79 Å². The molecule has 0 radical (unpaired) electrons. The van der Waals surface area contributed by atoms with Gasteiger partial charge in [0.1, 0.15) is 0 Å². The number of carbonyl (C=O) groups excluding carboxylic acids is 6. The Morgan fingerprint density at radius 2 is 1.49 bits per heavy atom. The molecule has 43 heavy (non-hydrogen) atoms. The van der Waals surface area contributed by atoms with Gasteiger partial charge < -0.3 is 26.1 Å². The topological polar surface area (TPSA) is 217 Å². The van der Waals surface area contributed by atoms with Gasteiger partial charge in [-0.15, -0.1) is 5.06 Å². The maximum absolute atomic E-state index is 12.1. The van der Waals surface area contributed by atoms with Crippen molar-refractivity contribution < 1.29 is 46.6 Å². The minimum atomic E-state index is -4.77. The maximum Gasteiger partial charge on any atom is 0.333 e. The zero-order chi connectivity index (χ0) is 31.4. The van der Waals surface area contributed by atoms with Crippen molar-refractivity contribution in [2.75, 3.05) is 18.8 Å². The van der Waals surface area contributed by atoms with E-state index in [1.807, 2.05) is 11.8 Å². The summed E-state index contributed by atoms with van der Waals surface area (Å²) in [5, 5.41) is 10.2. The lowest BCUT2D eigenvalue weighted by molar-refractivity contribution is -0.197. The molecule has 0 aliphatic carbocycles. The van der Waals surface area contributed by atoms with E-state index in [1.54, 1.807) is 0 Å². The minimum absolute atomic E-state index is 0.0302. The number of thioether (sulfide) groups is 1. The summed E-state index contributed by atoms with van der Waals surface area (Å²) in [6, 6.07) is 0.323. The van der Waals surface area contributed by atoms with Gasteiger partial charge in [0.25, 0.3) is 21.9 Å². The molecule has 6 amide bonds. The van der Waals surface area contributed by atoms with E-state index in [4.69, 9.17) is 4.55 Å². The van der Waals surface area contributed by atoms with Crippen molar-refractivity contribution >= 4 is 57.5 Å². The monoisotopic (exact) mass is 647 g/mol. The van der Waals surface area contributed by atoms with Crippen molar-refractivity contribution in [3.05, 3.63) is 0 Å². The SMILES string of the molecule is O=C(CCCCCNC(=O)CCCCC1SCC2NC(=O)NC21)NCCCCCC(=O)ON1C(=O)CC(S(=O)(=O)O)C1=O. The summed E-state index contributed by atoms with van der Waals surface area (Å²) in [5.41, 5.74) is 0. The first kappa shape index (κ1) is 34.6. The van der Waals surface area contributed by atoms with Gasteiger partial charge in [-0.2, -0.15) is 20.2 Å². The van der Waals surface area contributed by atoms with Crippen LogP contribution in [0.5, 0.6) is 0 Å². The molecule has 0 saturated carbocycles. The molecule has 0 aromatic heterocycles. The number of carbonyl (C=O) groups is 6. The molecule has 0 spiro atoms. The fraction of sp³-hybridized carbons (Fsp3) is 0.769. The van der Waals surface area contributed by atoms with Crippen LogP contribution in [0.2, 0.25) is 0 Å². The Balaban J connectivity index is 1.09. The second-order valence-electron chi connectivity index (χ2n) is 10.9. The Bertz CT molecular complexity index is 1150. The summed E-state index contributed by atoms with van der Waals surface area (Å²) >= 11 is 1.87. The molecule has 17 heteroatoms. The van der Waals surface area contributed by atoms with Crippen LogP contribution < -0.4 is 21.3 Å². The molecule has 5 N–H and O–H groups in total. The molecule has 3 saturated heterocycles. The Morgan fingerprint density at radius 3 is 2.09 bits per heavy atom. The van der Waals surface area contributed by atoms with Gasteiger partial charge in [-0.05, 0) is 38.5 Å². The van der Waals surface area contributed by atoms with Gasteiger partial charge in [0.05, 0.1) is 18.5 Å². The van der Waals surface area contributed by atoms with E-state index in [1.165, 1.54) is 0 Å². The smallest absolute Gasteiger partial charge is 0.333 e. The molecule has 3 heterocycles. The molecule has 0 aromatic carbocycles. The van der Waals surface area contributed by atoms with E-state index >= 15 is 0 Å². The van der Waals surface area contributed by atoms with E-state index in [0.29, 0.717) is 56.9 Å². The van der Waals surface area contributed by atoms with Crippen LogP contribution in [0.25, 0.3) is 0 Å². The molecule has 3 fully saturated rings. The van der Waals surface area contributed by atoms with Gasteiger partial charge in [-0.1, -0.05) is 19.3 Å². The molecule has 0 bridgehead atoms. The number of fused-ring (bicyclic) bond motifs is 1. The molecular weight excluding hydrogens is 606 g/mol. The highest BCUT2D eigenvalue weighted by Crippen LogP contribution is 2.33. The molecule has 3 aliphatic heterocycles. The maximum atomic E-state index is 12.1. The van der Waals surface area contributed by atoms with E-state index < -0.39 is 39.6 Å². The summed E-state index contributed by atoms with van der Waals surface area (Å²) in [5.74, 6) is -2.32. The van der Waals surface area contributed by atoms with E-state index in [2.05, 4.69) is 26.1 Å². The number of hydrogen-bond donors (Lipinski definition) is 5. The second kappa shape index (κ2) is 16.8. The van der Waals surface area contributed by atoms with Crippen LogP contribution in [0.1, 0.15) is 83.5 Å². The summed E-state index contributed by atoms with van der Waals surface area (Å²) in [4.78, 5) is 75.6. The van der Waals surface area contributed by atoms with Gasteiger partial charge >= 0.3 is 12.0 Å². The molecular formula is C26H41N5O10S2. The molecule has 3 rings (SSSR count). The van der Waals surface area contributed by atoms with Gasteiger partial charge in [-0.3, -0.25) is 23.7 Å². The first-order valence-electron chi connectivity index (χ1n) is 14.7. The Labute approximate surface area is 255 Å². The number of hydroxylamine groups is 2. The van der Waals surface area contributed by atoms with Crippen LogP contribution in [-0.2, 0) is 38.9 Å². The van der Waals surface area contributed by atoms with Gasteiger partial charge in [0.15, 0.2) is 5.25 Å². The van der Waals surface area contributed by atoms with Gasteiger partial charge in [0, 0.05) is 43.4 Å². The number of amides is 6. The number of urea groups is 1. The first-order chi connectivity index (χ1) is 20.5. The van der Waals surface area contributed by atoms with Gasteiger partial charge in [-0.25, -0.2) is 9.59 Å². The molecule has 4 atom stereocenters. The number of hydrogen-bond acceptors (Lipinski definition) is 10. The summed E-state index contributed by atoms with van der Waals surface area (Å²) in [7, 11) is -4.77. The standard InChI is InChI=1S/C26H41N5O10S2/c32-20(27-14-8-2-4-12-23(35)41-31-22(34)15-19(25(31)36)43(38,39)40)10-3-1-7-13-28-21(33)11-6-5-9-18-24-17(16-42-18)29-26(37)30-24/h17-19,24H,1-16H2,(H,27,32)(H,28,33)(H2,29,30,37)(H,38,39,40). The molecule has 3 aliphatic rings. The lowest BCUT2D eigenvalue weighted by Gasteiger charge is -2.16. The van der Waals surface area contributed by atoms with Crippen LogP contribution in [0, 0.1) is 0 Å². The third kappa shape index (κ3) is 11.3. The van der Waals surface area contributed by atoms with Crippen LogP contribution in [0.3, 0.4) is 0 Å². The minimum Gasteiger partial charge on any atom is -0.356 e. The zero-order valence-corrected chi connectivity index (χ0v) is 25.6. The summed E-state index contributed by atoms with van der Waals surface area (Å²) in [6.45, 7) is 0.999. The number of unbranched alkanes of at least 4 members (excludes halogenated alkanes) is 5. The van der Waals surface area contributed by atoms with Crippen molar-refractivity contribution in [2.45, 2.75) is 106 Å². The Kier molecular flexibility index (Phi) is 13.5. The first-order valence-corrected chi connectivity index (χ1v) is 17.3. The predicted molar refractivity (Wildman–Crippen MR) is 155 cm³/mol. The van der Waals surface area contributed by atoms with E-state index in [0.717, 1.165) is 37.9 Å².